The van der Waals surface area contributed by atoms with E-state index in [1.165, 1.54) is 18.3 Å². The van der Waals surface area contributed by atoms with Crippen molar-refractivity contribution in [3.05, 3.63) is 58.5 Å². The van der Waals surface area contributed by atoms with Crippen LogP contribution in [0.2, 0.25) is 0 Å². The van der Waals surface area contributed by atoms with E-state index in [0.29, 0.717) is 30.1 Å². The van der Waals surface area contributed by atoms with Gasteiger partial charge in [-0.1, -0.05) is 0 Å². The van der Waals surface area contributed by atoms with Gasteiger partial charge in [0, 0.05) is 31.5 Å². The third-order valence-corrected chi connectivity index (χ3v) is 3.40. The summed E-state index contributed by atoms with van der Waals surface area (Å²) in [5.41, 5.74) is 0.547. The van der Waals surface area contributed by atoms with Crippen LogP contribution in [0.4, 0.5) is 10.1 Å². The maximum absolute atomic E-state index is 14.1. The number of pyridine rings is 2. The van der Waals surface area contributed by atoms with Gasteiger partial charge in [-0.25, -0.2) is 9.37 Å². The molecule has 134 valence electrons. The molecular formula is C17H14FN3O5. The van der Waals surface area contributed by atoms with E-state index in [1.54, 1.807) is 19.2 Å². The second-order valence-corrected chi connectivity index (χ2v) is 5.14. The zero-order chi connectivity index (χ0) is 18.5. The number of halogens is 1. The number of ether oxygens (including phenoxy) is 3. The Balaban J connectivity index is 1.91. The first-order valence-corrected chi connectivity index (χ1v) is 7.58. The average molecular weight is 359 g/mol. The Labute approximate surface area is 147 Å². The van der Waals surface area contributed by atoms with Gasteiger partial charge in [0.15, 0.2) is 17.3 Å². The fourth-order valence-corrected chi connectivity index (χ4v) is 2.18. The lowest BCUT2D eigenvalue weighted by Gasteiger charge is -2.10. The summed E-state index contributed by atoms with van der Waals surface area (Å²) in [7, 11) is 1.56. The highest BCUT2D eigenvalue weighted by molar-refractivity contribution is 5.81. The van der Waals surface area contributed by atoms with Crippen LogP contribution < -0.4 is 9.47 Å². The number of rotatable bonds is 7. The molecule has 26 heavy (non-hydrogen) atoms. The summed E-state index contributed by atoms with van der Waals surface area (Å²) in [6.07, 6.45) is 1.49. The highest BCUT2D eigenvalue weighted by Gasteiger charge is 2.14. The molecule has 0 aliphatic carbocycles. The molecule has 0 saturated carbocycles. The molecule has 0 fully saturated rings. The summed E-state index contributed by atoms with van der Waals surface area (Å²) in [4.78, 5) is 18.5. The number of hydrogen-bond donors (Lipinski definition) is 0. The van der Waals surface area contributed by atoms with E-state index in [2.05, 4.69) is 9.97 Å². The monoisotopic (exact) mass is 359 g/mol. The summed E-state index contributed by atoms with van der Waals surface area (Å²) in [6.45, 7) is 0.729. The van der Waals surface area contributed by atoms with Crippen molar-refractivity contribution in [3.63, 3.8) is 0 Å². The molecule has 0 aliphatic rings. The smallest absolute Gasteiger partial charge is 0.272 e. The molecule has 1 aromatic carbocycles. The molecule has 0 bridgehead atoms. The Morgan fingerprint density at radius 2 is 2.00 bits per heavy atom. The second kappa shape index (κ2) is 7.70. The van der Waals surface area contributed by atoms with Crippen LogP contribution in [0.25, 0.3) is 11.0 Å². The normalized spacial score (nSPS) is 10.7. The van der Waals surface area contributed by atoms with Crippen molar-refractivity contribution in [2.75, 3.05) is 20.3 Å². The number of hydrogen-bond acceptors (Lipinski definition) is 7. The van der Waals surface area contributed by atoms with Gasteiger partial charge in [0.2, 0.25) is 5.88 Å². The Morgan fingerprint density at radius 1 is 1.15 bits per heavy atom. The molecule has 0 N–H and O–H groups in total. The molecule has 0 amide bonds. The molecule has 8 nitrogen and oxygen atoms in total. The van der Waals surface area contributed by atoms with Crippen LogP contribution in [-0.2, 0) is 4.74 Å². The quantitative estimate of drug-likeness (QED) is 0.362. The van der Waals surface area contributed by atoms with Gasteiger partial charge >= 0.3 is 0 Å². The van der Waals surface area contributed by atoms with Crippen LogP contribution in [-0.4, -0.2) is 35.2 Å². The van der Waals surface area contributed by atoms with Gasteiger partial charge in [-0.05, 0) is 12.1 Å². The van der Waals surface area contributed by atoms with E-state index < -0.39 is 10.7 Å². The zero-order valence-electron chi connectivity index (χ0n) is 13.7. The standard InChI is InChI=1S/C17H14FN3O5/c1-24-8-9-25-16-5-3-13-17(20-16)15(6-7-19-13)26-14-4-2-11(21(22)23)10-12(14)18/h2-7,10H,8-9H2,1H3. The number of nitro benzene ring substituents is 1. The lowest BCUT2D eigenvalue weighted by molar-refractivity contribution is -0.385. The third-order valence-electron chi connectivity index (χ3n) is 3.40. The number of benzene rings is 1. The average Bonchev–Trinajstić information content (AvgIpc) is 2.64. The maximum Gasteiger partial charge on any atom is 0.272 e. The molecule has 3 aromatic rings. The summed E-state index contributed by atoms with van der Waals surface area (Å²) >= 11 is 0. The fraction of sp³-hybridized carbons (Fsp3) is 0.176. The highest BCUT2D eigenvalue weighted by atomic mass is 19.1. The summed E-state index contributed by atoms with van der Waals surface area (Å²) in [5.74, 6) is -0.413. The van der Waals surface area contributed by atoms with Crippen molar-refractivity contribution in [2.24, 2.45) is 0 Å². The number of methoxy groups -OCH3 is 1. The number of nitrogens with zero attached hydrogens (tertiary/aromatic N) is 3. The van der Waals surface area contributed by atoms with Gasteiger partial charge in [-0.3, -0.25) is 15.1 Å². The first-order valence-electron chi connectivity index (χ1n) is 7.58. The van der Waals surface area contributed by atoms with Crippen molar-refractivity contribution in [3.8, 4) is 17.4 Å². The minimum absolute atomic E-state index is 0.157. The van der Waals surface area contributed by atoms with E-state index in [-0.39, 0.29) is 17.2 Å². The highest BCUT2D eigenvalue weighted by Crippen LogP contribution is 2.31. The van der Waals surface area contributed by atoms with E-state index in [1.807, 2.05) is 0 Å². The van der Waals surface area contributed by atoms with Crippen LogP contribution in [0.15, 0.2) is 42.6 Å². The Morgan fingerprint density at radius 3 is 2.73 bits per heavy atom. The topological polar surface area (TPSA) is 96.6 Å². The molecule has 3 rings (SSSR count). The first kappa shape index (κ1) is 17.5. The summed E-state index contributed by atoms with van der Waals surface area (Å²) in [6, 6.07) is 8.03. The van der Waals surface area contributed by atoms with E-state index >= 15 is 0 Å². The molecule has 0 saturated heterocycles. The largest absolute Gasteiger partial charge is 0.475 e. The van der Waals surface area contributed by atoms with Gasteiger partial charge in [-0.2, -0.15) is 0 Å². The predicted molar refractivity (Wildman–Crippen MR) is 90.0 cm³/mol. The van der Waals surface area contributed by atoms with Crippen molar-refractivity contribution < 1.29 is 23.5 Å². The SMILES string of the molecule is COCCOc1ccc2nccc(Oc3ccc([N+](=O)[O-])cc3F)c2n1. The molecule has 2 heterocycles. The van der Waals surface area contributed by atoms with Crippen molar-refractivity contribution in [2.45, 2.75) is 0 Å². The van der Waals surface area contributed by atoms with Crippen LogP contribution in [0.1, 0.15) is 0 Å². The van der Waals surface area contributed by atoms with Gasteiger partial charge in [0.25, 0.3) is 5.69 Å². The van der Waals surface area contributed by atoms with Crippen molar-refractivity contribution in [1.29, 1.82) is 0 Å². The van der Waals surface area contributed by atoms with Crippen LogP contribution in [0, 0.1) is 15.9 Å². The van der Waals surface area contributed by atoms with Gasteiger partial charge in [0.1, 0.15) is 12.1 Å². The Hall–Kier alpha value is -3.33. The van der Waals surface area contributed by atoms with Crippen LogP contribution >= 0.6 is 0 Å². The van der Waals surface area contributed by atoms with Gasteiger partial charge in [0.05, 0.1) is 23.1 Å². The Bertz CT molecular complexity index is 951. The fourth-order valence-electron chi connectivity index (χ4n) is 2.18. The van der Waals surface area contributed by atoms with E-state index in [9.17, 15) is 14.5 Å². The van der Waals surface area contributed by atoms with Crippen molar-refractivity contribution >= 4 is 16.7 Å². The molecule has 9 heteroatoms. The van der Waals surface area contributed by atoms with E-state index in [4.69, 9.17) is 14.2 Å². The number of nitro groups is 1. The number of fused-ring (bicyclic) bond motifs is 1. The Kier molecular flexibility index (Phi) is 5.18. The lowest BCUT2D eigenvalue weighted by Crippen LogP contribution is -2.05. The number of non-ortho nitro benzene ring substituents is 1. The van der Waals surface area contributed by atoms with Crippen LogP contribution in [0.5, 0.6) is 17.4 Å². The lowest BCUT2D eigenvalue weighted by atomic mass is 10.2. The minimum Gasteiger partial charge on any atom is -0.475 e. The maximum atomic E-state index is 14.1. The van der Waals surface area contributed by atoms with Gasteiger partial charge < -0.3 is 14.2 Å². The van der Waals surface area contributed by atoms with Crippen LogP contribution in [0.3, 0.4) is 0 Å². The van der Waals surface area contributed by atoms with Crippen molar-refractivity contribution in [1.82, 2.24) is 9.97 Å². The minimum atomic E-state index is -0.850. The van der Waals surface area contributed by atoms with Gasteiger partial charge in [-0.15, -0.1) is 0 Å². The summed E-state index contributed by atoms with van der Waals surface area (Å²) in [5, 5.41) is 10.7. The predicted octanol–water partition coefficient (Wildman–Crippen LogP) is 3.49. The third kappa shape index (κ3) is 3.83. The van der Waals surface area contributed by atoms with E-state index in [0.717, 1.165) is 12.1 Å². The molecule has 0 atom stereocenters. The molecule has 0 spiro atoms. The first-order chi connectivity index (χ1) is 12.6. The molecule has 0 radical (unpaired) electrons. The molecule has 2 aromatic heterocycles. The zero-order valence-corrected chi connectivity index (χ0v) is 13.7. The molecule has 0 aliphatic heterocycles. The summed E-state index contributed by atoms with van der Waals surface area (Å²) < 4.78 is 30.0. The number of aromatic nitrogens is 2. The molecular weight excluding hydrogens is 345 g/mol. The second-order valence-electron chi connectivity index (χ2n) is 5.14. The molecule has 0 unspecified atom stereocenters.